The fourth-order valence-electron chi connectivity index (χ4n) is 5.03. The summed E-state index contributed by atoms with van der Waals surface area (Å²) in [6, 6.07) is 0. The topological polar surface area (TPSA) is 38.7 Å². The van der Waals surface area contributed by atoms with Gasteiger partial charge in [-0.25, -0.2) is 0 Å². The summed E-state index contributed by atoms with van der Waals surface area (Å²) < 4.78 is 11.3. The van der Waals surface area contributed by atoms with Gasteiger partial charge in [0.2, 0.25) is 0 Å². The summed E-state index contributed by atoms with van der Waals surface area (Å²) >= 11 is 0. The van der Waals surface area contributed by atoms with Crippen molar-refractivity contribution in [3.63, 3.8) is 0 Å². The summed E-state index contributed by atoms with van der Waals surface area (Å²) in [5, 5.41) is 11.3. The van der Waals surface area contributed by atoms with Gasteiger partial charge in [-0.05, 0) is 29.7 Å². The second-order valence-electron chi connectivity index (χ2n) is 7.34. The first-order valence-corrected chi connectivity index (χ1v) is 7.51. The van der Waals surface area contributed by atoms with Crippen LogP contribution >= 0.6 is 0 Å². The Bertz CT molecular complexity index is 471. The zero-order valence-electron chi connectivity index (χ0n) is 13.0. The fourth-order valence-corrected chi connectivity index (χ4v) is 5.03. The normalized spacial score (nSPS) is 54.6. The minimum atomic E-state index is -0.486. The minimum absolute atomic E-state index is 0.0441. The Morgan fingerprint density at radius 1 is 1.45 bits per heavy atom. The zero-order valence-corrected chi connectivity index (χ0v) is 13.0. The summed E-state index contributed by atoms with van der Waals surface area (Å²) in [4.78, 5) is 0. The number of allylic oxidation sites excluding steroid dienone is 2. The van der Waals surface area contributed by atoms with Crippen molar-refractivity contribution in [3.8, 4) is 0 Å². The molecule has 3 aliphatic rings. The first kappa shape index (κ1) is 14.3. The molecule has 2 aliphatic carbocycles. The molecule has 0 aromatic heterocycles. The molecule has 1 aliphatic heterocycles. The van der Waals surface area contributed by atoms with Crippen molar-refractivity contribution >= 4 is 0 Å². The lowest BCUT2D eigenvalue weighted by molar-refractivity contribution is -0.173. The van der Waals surface area contributed by atoms with E-state index in [-0.39, 0.29) is 17.1 Å². The number of hydrogen-bond acceptors (Lipinski definition) is 3. The summed E-state index contributed by atoms with van der Waals surface area (Å²) in [5.41, 5.74) is 0.294. The predicted molar refractivity (Wildman–Crippen MR) is 78.1 cm³/mol. The molecule has 0 unspecified atom stereocenters. The molecule has 1 spiro atoms. The highest BCUT2D eigenvalue weighted by molar-refractivity contribution is 5.33. The van der Waals surface area contributed by atoms with Gasteiger partial charge in [-0.1, -0.05) is 39.5 Å². The molecule has 20 heavy (non-hydrogen) atoms. The maximum atomic E-state index is 11.3. The van der Waals surface area contributed by atoms with E-state index in [0.717, 1.165) is 18.4 Å². The van der Waals surface area contributed by atoms with Crippen LogP contribution in [-0.2, 0) is 9.47 Å². The number of aliphatic hydroxyl groups is 1. The Kier molecular flexibility index (Phi) is 2.99. The summed E-state index contributed by atoms with van der Waals surface area (Å²) in [6.07, 6.45) is 5.55. The van der Waals surface area contributed by atoms with Gasteiger partial charge in [0, 0.05) is 12.5 Å². The molecule has 3 nitrogen and oxygen atoms in total. The maximum absolute atomic E-state index is 11.3. The standard InChI is InChI=1S/C17H26O3/c1-11-7-6-8-15(3)10-17(13(18)16(11,15)4)12(2)9-20-14(17)19-5/h6,8,11,13-14,18H,2,7,9-10H2,1,3-5H3/t11-,13-,14-,15+,16-,17-/m1/s1. The molecule has 112 valence electrons. The van der Waals surface area contributed by atoms with Crippen molar-refractivity contribution in [3.05, 3.63) is 24.3 Å². The first-order chi connectivity index (χ1) is 9.33. The van der Waals surface area contributed by atoms with E-state index in [9.17, 15) is 5.11 Å². The van der Waals surface area contributed by atoms with Crippen LogP contribution in [0.1, 0.15) is 33.6 Å². The number of methoxy groups -OCH3 is 1. The van der Waals surface area contributed by atoms with Gasteiger partial charge in [-0.3, -0.25) is 0 Å². The van der Waals surface area contributed by atoms with Gasteiger partial charge in [0.05, 0.1) is 18.1 Å². The molecule has 1 heterocycles. The Hall–Kier alpha value is -0.640. The van der Waals surface area contributed by atoms with Gasteiger partial charge in [-0.15, -0.1) is 0 Å². The van der Waals surface area contributed by atoms with E-state index in [1.54, 1.807) is 7.11 Å². The third-order valence-electron chi connectivity index (χ3n) is 6.65. The molecule has 1 saturated heterocycles. The second kappa shape index (κ2) is 4.19. The van der Waals surface area contributed by atoms with Crippen LogP contribution in [0.2, 0.25) is 0 Å². The predicted octanol–water partition coefficient (Wildman–Crippen LogP) is 2.90. The van der Waals surface area contributed by atoms with Crippen LogP contribution in [0, 0.1) is 22.2 Å². The van der Waals surface area contributed by atoms with E-state index in [1.165, 1.54) is 0 Å². The van der Waals surface area contributed by atoms with E-state index in [1.807, 2.05) is 0 Å². The number of aliphatic hydroxyl groups excluding tert-OH is 1. The average molecular weight is 278 g/mol. The van der Waals surface area contributed by atoms with Crippen molar-refractivity contribution in [1.29, 1.82) is 0 Å². The van der Waals surface area contributed by atoms with E-state index < -0.39 is 11.5 Å². The lowest BCUT2D eigenvalue weighted by atomic mass is 9.57. The lowest BCUT2D eigenvalue weighted by Crippen LogP contribution is -2.50. The molecule has 2 fully saturated rings. The molecule has 0 aromatic carbocycles. The van der Waals surface area contributed by atoms with Crippen LogP contribution in [0.5, 0.6) is 0 Å². The number of rotatable bonds is 1. The van der Waals surface area contributed by atoms with Gasteiger partial charge in [0.15, 0.2) is 6.29 Å². The fraction of sp³-hybridized carbons (Fsp3) is 0.765. The van der Waals surface area contributed by atoms with Gasteiger partial charge >= 0.3 is 0 Å². The van der Waals surface area contributed by atoms with E-state index in [4.69, 9.17) is 9.47 Å². The molecule has 6 atom stereocenters. The Labute approximate surface area is 121 Å². The van der Waals surface area contributed by atoms with Gasteiger partial charge in [0.1, 0.15) is 0 Å². The molecule has 0 amide bonds. The van der Waals surface area contributed by atoms with Crippen molar-refractivity contribution in [2.75, 3.05) is 13.7 Å². The highest BCUT2D eigenvalue weighted by Crippen LogP contribution is 2.70. The minimum Gasteiger partial charge on any atom is -0.391 e. The number of ether oxygens (including phenoxy) is 2. The number of fused-ring (bicyclic) bond motifs is 1. The van der Waals surface area contributed by atoms with E-state index in [0.29, 0.717) is 12.5 Å². The highest BCUT2D eigenvalue weighted by Gasteiger charge is 2.71. The third kappa shape index (κ3) is 1.36. The summed E-state index contributed by atoms with van der Waals surface area (Å²) in [6.45, 7) is 11.4. The smallest absolute Gasteiger partial charge is 0.169 e. The van der Waals surface area contributed by atoms with E-state index >= 15 is 0 Å². The van der Waals surface area contributed by atoms with Crippen LogP contribution in [0.4, 0.5) is 0 Å². The van der Waals surface area contributed by atoms with Crippen LogP contribution in [0.3, 0.4) is 0 Å². The second-order valence-corrected chi connectivity index (χ2v) is 7.34. The molecule has 3 rings (SSSR count). The SMILES string of the molecule is C=C1CO[C@@H](OC)[C@]12C[C@]1(C)C=CC[C@@H](C)[C@]1(C)[C@H]2O. The molecule has 3 heteroatoms. The Morgan fingerprint density at radius 2 is 2.15 bits per heavy atom. The largest absolute Gasteiger partial charge is 0.391 e. The van der Waals surface area contributed by atoms with Crippen molar-refractivity contribution in [2.24, 2.45) is 22.2 Å². The van der Waals surface area contributed by atoms with Gasteiger partial charge in [-0.2, -0.15) is 0 Å². The molecule has 0 aromatic rings. The first-order valence-electron chi connectivity index (χ1n) is 7.51. The van der Waals surface area contributed by atoms with Crippen LogP contribution in [0.25, 0.3) is 0 Å². The van der Waals surface area contributed by atoms with Crippen molar-refractivity contribution in [1.82, 2.24) is 0 Å². The average Bonchev–Trinajstić information content (AvgIpc) is 2.81. The van der Waals surface area contributed by atoms with Gasteiger partial charge < -0.3 is 14.6 Å². The maximum Gasteiger partial charge on any atom is 0.169 e. The molecule has 0 bridgehead atoms. The third-order valence-corrected chi connectivity index (χ3v) is 6.65. The molecule has 1 N–H and O–H groups in total. The lowest BCUT2D eigenvalue weighted by Gasteiger charge is -2.48. The zero-order chi connectivity index (χ0) is 14.8. The highest BCUT2D eigenvalue weighted by atomic mass is 16.7. The molecular formula is C17H26O3. The van der Waals surface area contributed by atoms with Crippen molar-refractivity contribution < 1.29 is 14.6 Å². The Balaban J connectivity index is 2.15. The van der Waals surface area contributed by atoms with Crippen LogP contribution in [0.15, 0.2) is 24.3 Å². The van der Waals surface area contributed by atoms with Gasteiger partial charge in [0.25, 0.3) is 0 Å². The number of hydrogen-bond donors (Lipinski definition) is 1. The quantitative estimate of drug-likeness (QED) is 0.750. The van der Waals surface area contributed by atoms with Crippen LogP contribution < -0.4 is 0 Å². The summed E-state index contributed by atoms with van der Waals surface area (Å²) in [7, 11) is 1.66. The van der Waals surface area contributed by atoms with E-state index in [2.05, 4.69) is 39.5 Å². The monoisotopic (exact) mass is 278 g/mol. The van der Waals surface area contributed by atoms with Crippen molar-refractivity contribution in [2.45, 2.75) is 46.0 Å². The molecular weight excluding hydrogens is 252 g/mol. The summed E-state index contributed by atoms with van der Waals surface area (Å²) in [5.74, 6) is 0.429. The molecule has 0 radical (unpaired) electrons. The molecule has 1 saturated carbocycles. The van der Waals surface area contributed by atoms with Crippen LogP contribution in [-0.4, -0.2) is 31.2 Å². The Morgan fingerprint density at radius 3 is 2.75 bits per heavy atom.